The highest BCUT2D eigenvalue weighted by atomic mass is 16.5. The van der Waals surface area contributed by atoms with Gasteiger partial charge in [-0.1, -0.05) is 24.3 Å². The van der Waals surface area contributed by atoms with E-state index in [0.29, 0.717) is 12.4 Å². The zero-order valence-electron chi connectivity index (χ0n) is 9.97. The largest absolute Gasteiger partial charge is 0.380 e. The summed E-state index contributed by atoms with van der Waals surface area (Å²) in [6.45, 7) is 0.559. The summed E-state index contributed by atoms with van der Waals surface area (Å²) >= 11 is 0. The number of anilines is 1. The summed E-state index contributed by atoms with van der Waals surface area (Å²) in [5.41, 5.74) is 2.09. The smallest absolute Gasteiger partial charge is 0.161 e. The molecule has 0 aliphatic carbocycles. The number of hydrogen-bond acceptors (Lipinski definition) is 4. The van der Waals surface area contributed by atoms with E-state index >= 15 is 0 Å². The van der Waals surface area contributed by atoms with Crippen LogP contribution in [0.25, 0.3) is 11.4 Å². The van der Waals surface area contributed by atoms with Gasteiger partial charge in [0.1, 0.15) is 5.82 Å². The van der Waals surface area contributed by atoms with Crippen LogP contribution in [0.2, 0.25) is 0 Å². The van der Waals surface area contributed by atoms with E-state index in [1.807, 2.05) is 37.4 Å². The molecule has 0 unspecified atom stereocenters. The van der Waals surface area contributed by atoms with Gasteiger partial charge in [-0.2, -0.15) is 0 Å². The van der Waals surface area contributed by atoms with Crippen LogP contribution in [0.1, 0.15) is 5.56 Å². The predicted molar refractivity (Wildman–Crippen MR) is 67.7 cm³/mol. The number of nitrogens with zero attached hydrogens (tertiary/aromatic N) is 2. The number of benzene rings is 1. The number of hydrogen-bond donors (Lipinski definition) is 1. The number of rotatable bonds is 4. The first-order valence-electron chi connectivity index (χ1n) is 5.43. The van der Waals surface area contributed by atoms with Crippen molar-refractivity contribution in [2.75, 3.05) is 19.5 Å². The third-order valence-corrected chi connectivity index (χ3v) is 2.47. The van der Waals surface area contributed by atoms with Gasteiger partial charge in [0, 0.05) is 25.9 Å². The first kappa shape index (κ1) is 11.5. The lowest BCUT2D eigenvalue weighted by molar-refractivity contribution is 0.185. The van der Waals surface area contributed by atoms with Gasteiger partial charge in [-0.25, -0.2) is 9.97 Å². The van der Waals surface area contributed by atoms with Gasteiger partial charge in [-0.15, -0.1) is 0 Å². The van der Waals surface area contributed by atoms with E-state index in [9.17, 15) is 0 Å². The van der Waals surface area contributed by atoms with E-state index in [-0.39, 0.29) is 0 Å². The van der Waals surface area contributed by atoms with E-state index < -0.39 is 0 Å². The van der Waals surface area contributed by atoms with Crippen molar-refractivity contribution >= 4 is 5.82 Å². The second-order valence-corrected chi connectivity index (χ2v) is 3.61. The lowest BCUT2D eigenvalue weighted by Crippen LogP contribution is -1.98. The Kier molecular flexibility index (Phi) is 3.67. The summed E-state index contributed by atoms with van der Waals surface area (Å²) < 4.78 is 5.18. The lowest BCUT2D eigenvalue weighted by Gasteiger charge is -2.08. The minimum atomic E-state index is 0.559. The molecule has 2 rings (SSSR count). The Hall–Kier alpha value is -1.94. The first-order valence-corrected chi connectivity index (χ1v) is 5.43. The van der Waals surface area contributed by atoms with Crippen LogP contribution < -0.4 is 5.32 Å². The van der Waals surface area contributed by atoms with Crippen LogP contribution in [0.5, 0.6) is 0 Å². The molecule has 0 aliphatic heterocycles. The molecule has 1 aromatic heterocycles. The van der Waals surface area contributed by atoms with Crippen LogP contribution in [-0.4, -0.2) is 24.1 Å². The Morgan fingerprint density at radius 3 is 2.82 bits per heavy atom. The fraction of sp³-hybridized carbons (Fsp3) is 0.231. The number of methoxy groups -OCH3 is 1. The fourth-order valence-corrected chi connectivity index (χ4v) is 1.65. The molecule has 0 fully saturated rings. The molecule has 0 spiro atoms. The summed E-state index contributed by atoms with van der Waals surface area (Å²) in [4.78, 5) is 8.72. The maximum Gasteiger partial charge on any atom is 0.161 e. The second-order valence-electron chi connectivity index (χ2n) is 3.61. The van der Waals surface area contributed by atoms with Gasteiger partial charge in [0.15, 0.2) is 5.82 Å². The Morgan fingerprint density at radius 1 is 1.24 bits per heavy atom. The molecule has 0 atom stereocenters. The minimum absolute atomic E-state index is 0.559. The summed E-state index contributed by atoms with van der Waals surface area (Å²) in [7, 11) is 3.52. The van der Waals surface area contributed by atoms with Crippen molar-refractivity contribution in [3.63, 3.8) is 0 Å². The Labute approximate surface area is 101 Å². The molecule has 4 nitrogen and oxygen atoms in total. The summed E-state index contributed by atoms with van der Waals surface area (Å²) in [5, 5.41) is 3.01. The molecule has 0 bridgehead atoms. The number of nitrogens with one attached hydrogen (secondary N) is 1. The van der Waals surface area contributed by atoms with Crippen LogP contribution in [0.4, 0.5) is 5.82 Å². The van der Waals surface area contributed by atoms with E-state index in [1.165, 1.54) is 0 Å². The third-order valence-electron chi connectivity index (χ3n) is 2.47. The van der Waals surface area contributed by atoms with Crippen molar-refractivity contribution in [2.24, 2.45) is 0 Å². The molecular formula is C13H15N3O. The molecule has 0 aliphatic rings. The van der Waals surface area contributed by atoms with Crippen LogP contribution in [-0.2, 0) is 11.3 Å². The molecule has 1 aromatic carbocycles. The zero-order chi connectivity index (χ0) is 12.1. The lowest BCUT2D eigenvalue weighted by atomic mass is 10.1. The summed E-state index contributed by atoms with van der Waals surface area (Å²) in [5.74, 6) is 1.52. The van der Waals surface area contributed by atoms with Crippen LogP contribution in [0.15, 0.2) is 36.5 Å². The van der Waals surface area contributed by atoms with Crippen molar-refractivity contribution in [3.05, 3.63) is 42.1 Å². The SMILES string of the molecule is CNc1ccnc(-c2ccccc2COC)n1. The number of aromatic nitrogens is 2. The highest BCUT2D eigenvalue weighted by Gasteiger charge is 2.07. The molecule has 4 heteroatoms. The normalized spacial score (nSPS) is 10.2. The monoisotopic (exact) mass is 229 g/mol. The van der Waals surface area contributed by atoms with Gasteiger partial charge in [0.2, 0.25) is 0 Å². The standard InChI is InChI=1S/C13H15N3O/c1-14-12-7-8-15-13(16-12)11-6-4-3-5-10(11)9-17-2/h3-8H,9H2,1-2H3,(H,14,15,16). The molecule has 0 saturated heterocycles. The molecular weight excluding hydrogens is 214 g/mol. The maximum atomic E-state index is 5.18. The van der Waals surface area contributed by atoms with Crippen molar-refractivity contribution in [3.8, 4) is 11.4 Å². The van der Waals surface area contributed by atoms with Crippen LogP contribution in [0, 0.1) is 0 Å². The van der Waals surface area contributed by atoms with E-state index in [0.717, 1.165) is 16.9 Å². The van der Waals surface area contributed by atoms with E-state index in [1.54, 1.807) is 13.3 Å². The van der Waals surface area contributed by atoms with Crippen molar-refractivity contribution in [1.29, 1.82) is 0 Å². The highest BCUT2D eigenvalue weighted by Crippen LogP contribution is 2.21. The average Bonchev–Trinajstić information content (AvgIpc) is 2.40. The summed E-state index contributed by atoms with van der Waals surface area (Å²) in [6.07, 6.45) is 1.75. The Morgan fingerprint density at radius 2 is 2.06 bits per heavy atom. The molecule has 1 N–H and O–H groups in total. The Balaban J connectivity index is 2.44. The first-order chi connectivity index (χ1) is 8.35. The van der Waals surface area contributed by atoms with E-state index in [4.69, 9.17) is 4.74 Å². The molecule has 2 aromatic rings. The van der Waals surface area contributed by atoms with Crippen molar-refractivity contribution in [1.82, 2.24) is 9.97 Å². The van der Waals surface area contributed by atoms with Crippen molar-refractivity contribution in [2.45, 2.75) is 6.61 Å². The van der Waals surface area contributed by atoms with Gasteiger partial charge >= 0.3 is 0 Å². The van der Waals surface area contributed by atoms with Crippen LogP contribution in [0.3, 0.4) is 0 Å². The average molecular weight is 229 g/mol. The molecule has 0 radical (unpaired) electrons. The second kappa shape index (κ2) is 5.41. The maximum absolute atomic E-state index is 5.18. The zero-order valence-corrected chi connectivity index (χ0v) is 9.97. The van der Waals surface area contributed by atoms with Gasteiger partial charge in [-0.3, -0.25) is 0 Å². The molecule has 17 heavy (non-hydrogen) atoms. The van der Waals surface area contributed by atoms with Crippen LogP contribution >= 0.6 is 0 Å². The van der Waals surface area contributed by atoms with E-state index in [2.05, 4.69) is 15.3 Å². The molecule has 1 heterocycles. The highest BCUT2D eigenvalue weighted by molar-refractivity contribution is 5.61. The molecule has 88 valence electrons. The van der Waals surface area contributed by atoms with Gasteiger partial charge in [0.05, 0.1) is 6.61 Å². The number of ether oxygens (including phenoxy) is 1. The van der Waals surface area contributed by atoms with Gasteiger partial charge in [-0.05, 0) is 11.6 Å². The molecule has 0 amide bonds. The fourth-order valence-electron chi connectivity index (χ4n) is 1.65. The molecule has 0 saturated carbocycles. The van der Waals surface area contributed by atoms with Gasteiger partial charge in [0.25, 0.3) is 0 Å². The third kappa shape index (κ3) is 2.60. The van der Waals surface area contributed by atoms with Gasteiger partial charge < -0.3 is 10.1 Å². The topological polar surface area (TPSA) is 47.0 Å². The quantitative estimate of drug-likeness (QED) is 0.874. The minimum Gasteiger partial charge on any atom is -0.380 e. The summed E-state index contributed by atoms with van der Waals surface area (Å²) in [6, 6.07) is 9.82. The Bertz CT molecular complexity index is 500. The van der Waals surface area contributed by atoms with Crippen molar-refractivity contribution < 1.29 is 4.74 Å². The predicted octanol–water partition coefficient (Wildman–Crippen LogP) is 2.33.